The van der Waals surface area contributed by atoms with Crippen LogP contribution in [0.1, 0.15) is 11.1 Å². The SMILES string of the molecule is O=C(Cc1ccsc1)Nc1ccc(CCO)cc1. The lowest BCUT2D eigenvalue weighted by atomic mass is 10.1. The van der Waals surface area contributed by atoms with E-state index in [1.165, 1.54) is 0 Å². The Hall–Kier alpha value is -1.65. The second-order valence-corrected chi connectivity index (χ2v) is 4.81. The molecular formula is C14H15NO2S. The Morgan fingerprint density at radius 2 is 1.94 bits per heavy atom. The van der Waals surface area contributed by atoms with Gasteiger partial charge in [0.1, 0.15) is 0 Å². The minimum absolute atomic E-state index is 0.0108. The van der Waals surface area contributed by atoms with Crippen LogP contribution in [0.2, 0.25) is 0 Å². The number of hydrogen-bond acceptors (Lipinski definition) is 3. The van der Waals surface area contributed by atoms with E-state index in [0.29, 0.717) is 12.8 Å². The molecule has 1 amide bonds. The molecule has 1 aromatic carbocycles. The molecule has 0 bridgehead atoms. The lowest BCUT2D eigenvalue weighted by Crippen LogP contribution is -2.13. The van der Waals surface area contributed by atoms with Crippen LogP contribution in [-0.2, 0) is 17.6 Å². The summed E-state index contributed by atoms with van der Waals surface area (Å²) in [5, 5.41) is 15.6. The van der Waals surface area contributed by atoms with Gasteiger partial charge in [0.25, 0.3) is 0 Å². The highest BCUT2D eigenvalue weighted by molar-refractivity contribution is 7.08. The van der Waals surface area contributed by atoms with Gasteiger partial charge in [0.05, 0.1) is 6.42 Å². The first-order valence-corrected chi connectivity index (χ1v) is 6.73. The monoisotopic (exact) mass is 261 g/mol. The zero-order chi connectivity index (χ0) is 12.8. The van der Waals surface area contributed by atoms with Crippen LogP contribution < -0.4 is 5.32 Å². The van der Waals surface area contributed by atoms with E-state index in [1.807, 2.05) is 41.1 Å². The molecule has 3 nitrogen and oxygen atoms in total. The zero-order valence-electron chi connectivity index (χ0n) is 9.93. The van der Waals surface area contributed by atoms with Crippen LogP contribution in [0.5, 0.6) is 0 Å². The van der Waals surface area contributed by atoms with Crippen molar-refractivity contribution in [2.75, 3.05) is 11.9 Å². The van der Waals surface area contributed by atoms with Gasteiger partial charge in [-0.3, -0.25) is 4.79 Å². The van der Waals surface area contributed by atoms with E-state index in [1.54, 1.807) is 11.3 Å². The quantitative estimate of drug-likeness (QED) is 0.868. The average Bonchev–Trinajstić information content (AvgIpc) is 2.84. The smallest absolute Gasteiger partial charge is 0.228 e. The highest BCUT2D eigenvalue weighted by Crippen LogP contribution is 2.12. The number of carbonyl (C=O) groups is 1. The molecule has 0 spiro atoms. The van der Waals surface area contributed by atoms with E-state index in [4.69, 9.17) is 5.11 Å². The van der Waals surface area contributed by atoms with E-state index < -0.39 is 0 Å². The summed E-state index contributed by atoms with van der Waals surface area (Å²) in [7, 11) is 0. The van der Waals surface area contributed by atoms with E-state index in [2.05, 4.69) is 5.32 Å². The molecule has 94 valence electrons. The Bertz CT molecular complexity index is 491. The number of nitrogens with one attached hydrogen (secondary N) is 1. The Morgan fingerprint density at radius 1 is 1.17 bits per heavy atom. The molecule has 0 atom stereocenters. The second kappa shape index (κ2) is 6.33. The van der Waals surface area contributed by atoms with Crippen LogP contribution in [0.3, 0.4) is 0 Å². The third-order valence-corrected chi connectivity index (χ3v) is 3.32. The maximum absolute atomic E-state index is 11.7. The summed E-state index contributed by atoms with van der Waals surface area (Å²) in [4.78, 5) is 11.7. The van der Waals surface area contributed by atoms with Gasteiger partial charge in [-0.2, -0.15) is 11.3 Å². The first kappa shape index (κ1) is 12.8. The van der Waals surface area contributed by atoms with E-state index >= 15 is 0 Å². The Morgan fingerprint density at radius 3 is 2.56 bits per heavy atom. The van der Waals surface area contributed by atoms with E-state index in [0.717, 1.165) is 16.8 Å². The third kappa shape index (κ3) is 3.68. The molecule has 0 aliphatic carbocycles. The van der Waals surface area contributed by atoms with E-state index in [-0.39, 0.29) is 12.5 Å². The van der Waals surface area contributed by atoms with Crippen molar-refractivity contribution in [2.24, 2.45) is 0 Å². The largest absolute Gasteiger partial charge is 0.396 e. The van der Waals surface area contributed by atoms with Crippen LogP contribution in [0, 0.1) is 0 Å². The first-order chi connectivity index (χ1) is 8.78. The number of thiophene rings is 1. The standard InChI is InChI=1S/C14H15NO2S/c16-7-5-11-1-3-13(4-2-11)15-14(17)9-12-6-8-18-10-12/h1-4,6,8,10,16H,5,7,9H2,(H,15,17). The van der Waals surface area contributed by atoms with Crippen molar-refractivity contribution in [1.29, 1.82) is 0 Å². The Balaban J connectivity index is 1.90. The number of anilines is 1. The van der Waals surface area contributed by atoms with Crippen molar-refractivity contribution in [2.45, 2.75) is 12.8 Å². The fourth-order valence-electron chi connectivity index (χ4n) is 1.67. The molecule has 4 heteroatoms. The molecular weight excluding hydrogens is 246 g/mol. The molecule has 18 heavy (non-hydrogen) atoms. The molecule has 1 heterocycles. The number of aliphatic hydroxyl groups excluding tert-OH is 1. The van der Waals surface area contributed by atoms with Crippen molar-refractivity contribution in [3.8, 4) is 0 Å². The molecule has 2 aromatic rings. The fourth-order valence-corrected chi connectivity index (χ4v) is 2.34. The van der Waals surface area contributed by atoms with E-state index in [9.17, 15) is 4.79 Å². The number of hydrogen-bond donors (Lipinski definition) is 2. The predicted octanol–water partition coefficient (Wildman–Crippen LogP) is 2.46. The second-order valence-electron chi connectivity index (χ2n) is 4.03. The average molecular weight is 261 g/mol. The van der Waals surface area contributed by atoms with Crippen molar-refractivity contribution >= 4 is 22.9 Å². The van der Waals surface area contributed by atoms with Crippen molar-refractivity contribution < 1.29 is 9.90 Å². The summed E-state index contributed by atoms with van der Waals surface area (Å²) >= 11 is 1.59. The minimum Gasteiger partial charge on any atom is -0.396 e. The Kier molecular flexibility index (Phi) is 4.50. The van der Waals surface area contributed by atoms with Gasteiger partial charge in [0.2, 0.25) is 5.91 Å². The normalized spacial score (nSPS) is 10.3. The molecule has 0 fully saturated rings. The van der Waals surface area contributed by atoms with Gasteiger partial charge >= 0.3 is 0 Å². The number of carbonyl (C=O) groups excluding carboxylic acids is 1. The molecule has 0 aliphatic heterocycles. The van der Waals surface area contributed by atoms with Crippen LogP contribution >= 0.6 is 11.3 Å². The van der Waals surface area contributed by atoms with Gasteiger partial charge in [-0.15, -0.1) is 0 Å². The lowest BCUT2D eigenvalue weighted by Gasteiger charge is -2.05. The van der Waals surface area contributed by atoms with Crippen LogP contribution in [0.15, 0.2) is 41.1 Å². The maximum Gasteiger partial charge on any atom is 0.228 e. The predicted molar refractivity (Wildman–Crippen MR) is 73.9 cm³/mol. The number of benzene rings is 1. The van der Waals surface area contributed by atoms with Crippen molar-refractivity contribution in [1.82, 2.24) is 0 Å². The summed E-state index contributed by atoms with van der Waals surface area (Å²) in [6, 6.07) is 9.49. The topological polar surface area (TPSA) is 49.3 Å². The highest BCUT2D eigenvalue weighted by atomic mass is 32.1. The van der Waals surface area contributed by atoms with Gasteiger partial charge in [0, 0.05) is 12.3 Å². The molecule has 0 aliphatic rings. The number of amides is 1. The van der Waals surface area contributed by atoms with Crippen molar-refractivity contribution in [3.63, 3.8) is 0 Å². The number of rotatable bonds is 5. The minimum atomic E-state index is -0.0108. The van der Waals surface area contributed by atoms with Crippen LogP contribution in [0.25, 0.3) is 0 Å². The molecule has 2 N–H and O–H groups in total. The van der Waals surface area contributed by atoms with Gasteiger partial charge in [0.15, 0.2) is 0 Å². The first-order valence-electron chi connectivity index (χ1n) is 5.78. The van der Waals surface area contributed by atoms with Gasteiger partial charge in [-0.05, 0) is 46.5 Å². The molecule has 0 saturated heterocycles. The summed E-state index contributed by atoms with van der Waals surface area (Å²) < 4.78 is 0. The highest BCUT2D eigenvalue weighted by Gasteiger charge is 2.04. The molecule has 2 rings (SSSR count). The number of aliphatic hydroxyl groups is 1. The Labute approximate surface area is 110 Å². The maximum atomic E-state index is 11.7. The van der Waals surface area contributed by atoms with Gasteiger partial charge < -0.3 is 10.4 Å². The molecule has 1 aromatic heterocycles. The molecule has 0 saturated carbocycles. The summed E-state index contributed by atoms with van der Waals surface area (Å²) in [6.07, 6.45) is 1.05. The fraction of sp³-hybridized carbons (Fsp3) is 0.214. The summed E-state index contributed by atoms with van der Waals surface area (Å²) in [5.74, 6) is -0.0108. The molecule has 0 unspecified atom stereocenters. The van der Waals surface area contributed by atoms with Gasteiger partial charge in [-0.1, -0.05) is 12.1 Å². The summed E-state index contributed by atoms with van der Waals surface area (Å²) in [6.45, 7) is 0.143. The summed E-state index contributed by atoms with van der Waals surface area (Å²) in [5.41, 5.74) is 2.89. The van der Waals surface area contributed by atoms with Crippen LogP contribution in [0.4, 0.5) is 5.69 Å². The van der Waals surface area contributed by atoms with Crippen LogP contribution in [-0.4, -0.2) is 17.6 Å². The zero-order valence-corrected chi connectivity index (χ0v) is 10.7. The van der Waals surface area contributed by atoms with Crippen molar-refractivity contribution in [3.05, 3.63) is 52.2 Å². The van der Waals surface area contributed by atoms with Gasteiger partial charge in [-0.25, -0.2) is 0 Å². The molecule has 0 radical (unpaired) electrons. The lowest BCUT2D eigenvalue weighted by molar-refractivity contribution is -0.115. The third-order valence-electron chi connectivity index (χ3n) is 2.58.